The van der Waals surface area contributed by atoms with Gasteiger partial charge in [0.2, 0.25) is 0 Å². The van der Waals surface area contributed by atoms with Crippen molar-refractivity contribution >= 4 is 31.8 Å². The van der Waals surface area contributed by atoms with Crippen molar-refractivity contribution in [3.8, 4) is 0 Å². The minimum absolute atomic E-state index is 0.347. The Labute approximate surface area is 86.3 Å². The lowest BCUT2D eigenvalue weighted by molar-refractivity contribution is 0.602. The standard InChI is InChI=1S/C9H9BrO2S/c1-13(11,12)9-4-2-8(3-5-9)6-7-10/h2-7H,1H3/b7-6+. The normalized spacial score (nSPS) is 12.2. The van der Waals surface area contributed by atoms with Gasteiger partial charge in [-0.1, -0.05) is 28.1 Å². The SMILES string of the molecule is CS(=O)(=O)c1ccc(/C=C/Br)cc1. The first-order valence-corrected chi connectivity index (χ1v) is 6.41. The van der Waals surface area contributed by atoms with Crippen LogP contribution in [0.5, 0.6) is 0 Å². The first-order chi connectivity index (χ1) is 6.04. The average Bonchev–Trinajstić information content (AvgIpc) is 2.04. The van der Waals surface area contributed by atoms with Gasteiger partial charge in [-0.05, 0) is 28.8 Å². The Morgan fingerprint density at radius 2 is 1.77 bits per heavy atom. The van der Waals surface area contributed by atoms with Gasteiger partial charge in [0.25, 0.3) is 0 Å². The van der Waals surface area contributed by atoms with Crippen molar-refractivity contribution in [3.63, 3.8) is 0 Å². The van der Waals surface area contributed by atoms with E-state index in [1.807, 2.05) is 6.08 Å². The Bertz CT molecular complexity index is 404. The summed E-state index contributed by atoms with van der Waals surface area (Å²) in [5, 5.41) is 0. The van der Waals surface area contributed by atoms with E-state index >= 15 is 0 Å². The Morgan fingerprint density at radius 1 is 1.23 bits per heavy atom. The fourth-order valence-electron chi connectivity index (χ4n) is 0.899. The topological polar surface area (TPSA) is 34.1 Å². The predicted molar refractivity (Wildman–Crippen MR) is 57.5 cm³/mol. The van der Waals surface area contributed by atoms with E-state index < -0.39 is 9.84 Å². The van der Waals surface area contributed by atoms with E-state index in [2.05, 4.69) is 15.9 Å². The third-order valence-corrected chi connectivity index (χ3v) is 2.96. The van der Waals surface area contributed by atoms with Crippen molar-refractivity contribution in [1.82, 2.24) is 0 Å². The van der Waals surface area contributed by atoms with Gasteiger partial charge in [-0.2, -0.15) is 0 Å². The van der Waals surface area contributed by atoms with E-state index in [0.29, 0.717) is 4.90 Å². The summed E-state index contributed by atoms with van der Waals surface area (Å²) >= 11 is 3.15. The Morgan fingerprint density at radius 3 is 2.15 bits per heavy atom. The third kappa shape index (κ3) is 2.97. The van der Waals surface area contributed by atoms with Crippen molar-refractivity contribution in [2.75, 3.05) is 6.26 Å². The highest BCUT2D eigenvalue weighted by molar-refractivity contribution is 9.11. The number of halogens is 1. The molecule has 1 aromatic rings. The van der Waals surface area contributed by atoms with Crippen molar-refractivity contribution in [1.29, 1.82) is 0 Å². The van der Waals surface area contributed by atoms with Crippen molar-refractivity contribution < 1.29 is 8.42 Å². The first kappa shape index (κ1) is 10.5. The molecule has 0 bridgehead atoms. The van der Waals surface area contributed by atoms with Gasteiger partial charge in [-0.3, -0.25) is 0 Å². The zero-order valence-electron chi connectivity index (χ0n) is 7.07. The minimum atomic E-state index is -3.07. The highest BCUT2D eigenvalue weighted by Gasteiger charge is 2.04. The van der Waals surface area contributed by atoms with Crippen LogP contribution in [0.3, 0.4) is 0 Å². The summed E-state index contributed by atoms with van der Waals surface area (Å²) in [7, 11) is -3.07. The van der Waals surface area contributed by atoms with E-state index in [0.717, 1.165) is 5.56 Å². The zero-order chi connectivity index (χ0) is 9.90. The van der Waals surface area contributed by atoms with Crippen molar-refractivity contribution in [3.05, 3.63) is 34.8 Å². The molecule has 0 atom stereocenters. The van der Waals surface area contributed by atoms with Crippen LogP contribution < -0.4 is 0 Å². The van der Waals surface area contributed by atoms with E-state index in [9.17, 15) is 8.42 Å². The van der Waals surface area contributed by atoms with Crippen LogP contribution in [-0.4, -0.2) is 14.7 Å². The largest absolute Gasteiger partial charge is 0.224 e. The number of hydrogen-bond donors (Lipinski definition) is 0. The van der Waals surface area contributed by atoms with Gasteiger partial charge >= 0.3 is 0 Å². The monoisotopic (exact) mass is 260 g/mol. The van der Waals surface area contributed by atoms with Gasteiger partial charge < -0.3 is 0 Å². The minimum Gasteiger partial charge on any atom is -0.224 e. The van der Waals surface area contributed by atoms with E-state index in [4.69, 9.17) is 0 Å². The van der Waals surface area contributed by atoms with Crippen LogP contribution >= 0.6 is 15.9 Å². The summed E-state index contributed by atoms with van der Waals surface area (Å²) in [5.41, 5.74) is 0.962. The van der Waals surface area contributed by atoms with Crippen LogP contribution in [0.25, 0.3) is 6.08 Å². The molecule has 13 heavy (non-hydrogen) atoms. The van der Waals surface area contributed by atoms with E-state index in [1.54, 1.807) is 29.3 Å². The second-order valence-electron chi connectivity index (χ2n) is 2.63. The Hall–Kier alpha value is -0.610. The summed E-state index contributed by atoms with van der Waals surface area (Å²) in [5.74, 6) is 0. The molecule has 0 aromatic heterocycles. The van der Waals surface area contributed by atoms with Crippen LogP contribution in [0, 0.1) is 0 Å². The molecule has 0 N–H and O–H groups in total. The lowest BCUT2D eigenvalue weighted by Gasteiger charge is -1.97. The van der Waals surface area contributed by atoms with Crippen LogP contribution in [0.2, 0.25) is 0 Å². The molecule has 0 aliphatic heterocycles. The van der Waals surface area contributed by atoms with E-state index in [-0.39, 0.29) is 0 Å². The molecule has 0 aliphatic carbocycles. The fourth-order valence-corrected chi connectivity index (χ4v) is 1.83. The number of benzene rings is 1. The number of hydrogen-bond acceptors (Lipinski definition) is 2. The van der Waals surface area contributed by atoms with Crippen molar-refractivity contribution in [2.24, 2.45) is 0 Å². The molecule has 1 aromatic carbocycles. The van der Waals surface area contributed by atoms with Gasteiger partial charge in [-0.25, -0.2) is 8.42 Å². The lowest BCUT2D eigenvalue weighted by Crippen LogP contribution is -1.95. The summed E-state index contributed by atoms with van der Waals surface area (Å²) < 4.78 is 22.1. The Balaban J connectivity index is 3.08. The quantitative estimate of drug-likeness (QED) is 0.819. The van der Waals surface area contributed by atoms with Crippen LogP contribution in [-0.2, 0) is 9.84 Å². The van der Waals surface area contributed by atoms with Crippen LogP contribution in [0.4, 0.5) is 0 Å². The molecule has 2 nitrogen and oxygen atoms in total. The molecule has 0 heterocycles. The highest BCUT2D eigenvalue weighted by atomic mass is 79.9. The second kappa shape index (κ2) is 4.07. The molecule has 0 saturated carbocycles. The molecule has 0 saturated heterocycles. The highest BCUT2D eigenvalue weighted by Crippen LogP contribution is 2.11. The first-order valence-electron chi connectivity index (χ1n) is 3.61. The smallest absolute Gasteiger partial charge is 0.175 e. The van der Waals surface area contributed by atoms with Gasteiger partial charge in [-0.15, -0.1) is 0 Å². The number of sulfone groups is 1. The van der Waals surface area contributed by atoms with E-state index in [1.165, 1.54) is 6.26 Å². The lowest BCUT2D eigenvalue weighted by atomic mass is 10.2. The molecule has 0 spiro atoms. The molecule has 0 aliphatic rings. The third-order valence-electron chi connectivity index (χ3n) is 1.56. The summed E-state index contributed by atoms with van der Waals surface area (Å²) in [6.45, 7) is 0. The zero-order valence-corrected chi connectivity index (χ0v) is 9.47. The summed E-state index contributed by atoms with van der Waals surface area (Å²) in [6.07, 6.45) is 3.04. The predicted octanol–water partition coefficient (Wildman–Crippen LogP) is 2.46. The Kier molecular flexibility index (Phi) is 3.27. The molecule has 0 radical (unpaired) electrons. The van der Waals surface area contributed by atoms with Crippen LogP contribution in [0.1, 0.15) is 5.56 Å². The maximum atomic E-state index is 11.1. The second-order valence-corrected chi connectivity index (χ2v) is 5.18. The maximum absolute atomic E-state index is 11.1. The summed E-state index contributed by atoms with van der Waals surface area (Å²) in [6, 6.07) is 6.71. The molecular weight excluding hydrogens is 252 g/mol. The van der Waals surface area contributed by atoms with Gasteiger partial charge in [0.15, 0.2) is 9.84 Å². The molecule has 1 rings (SSSR count). The molecular formula is C9H9BrO2S. The van der Waals surface area contributed by atoms with Crippen LogP contribution in [0.15, 0.2) is 34.1 Å². The van der Waals surface area contributed by atoms with Gasteiger partial charge in [0.1, 0.15) is 0 Å². The van der Waals surface area contributed by atoms with Crippen molar-refractivity contribution in [2.45, 2.75) is 4.90 Å². The molecule has 0 unspecified atom stereocenters. The molecule has 4 heteroatoms. The fraction of sp³-hybridized carbons (Fsp3) is 0.111. The molecule has 70 valence electrons. The summed E-state index contributed by atoms with van der Waals surface area (Å²) in [4.78, 5) is 2.07. The average molecular weight is 261 g/mol. The van der Waals surface area contributed by atoms with Gasteiger partial charge in [0, 0.05) is 6.26 Å². The molecule has 0 fully saturated rings. The number of rotatable bonds is 2. The van der Waals surface area contributed by atoms with Gasteiger partial charge in [0.05, 0.1) is 4.90 Å². The molecule has 0 amide bonds. The maximum Gasteiger partial charge on any atom is 0.175 e.